The Hall–Kier alpha value is -7.89. The number of furan rings is 2. The van der Waals surface area contributed by atoms with E-state index >= 15 is 0 Å². The van der Waals surface area contributed by atoms with E-state index in [-0.39, 0.29) is 0 Å². The summed E-state index contributed by atoms with van der Waals surface area (Å²) in [6, 6.07) is 67.2. The number of aromatic nitrogens is 1. The average molecular weight is 745 g/mol. The van der Waals surface area contributed by atoms with Crippen molar-refractivity contribution in [2.75, 3.05) is 4.90 Å². The maximum absolute atomic E-state index is 7.13. The summed E-state index contributed by atoms with van der Waals surface area (Å²) >= 11 is 0. The molecule has 9 aromatic carbocycles. The van der Waals surface area contributed by atoms with Gasteiger partial charge in [-0.3, -0.25) is 0 Å². The summed E-state index contributed by atoms with van der Waals surface area (Å²) in [4.78, 5) is 7.36. The van der Waals surface area contributed by atoms with Gasteiger partial charge in [0.2, 0.25) is 5.89 Å². The highest BCUT2D eigenvalue weighted by Gasteiger charge is 2.25. The number of oxazole rings is 1. The van der Waals surface area contributed by atoms with Gasteiger partial charge in [0.05, 0.1) is 16.8 Å². The fourth-order valence-corrected chi connectivity index (χ4v) is 8.70. The Kier molecular flexibility index (Phi) is 7.16. The molecule has 0 radical (unpaired) electrons. The lowest BCUT2D eigenvalue weighted by atomic mass is 9.94. The van der Waals surface area contributed by atoms with Gasteiger partial charge in [-0.25, -0.2) is 4.98 Å². The van der Waals surface area contributed by atoms with Crippen LogP contribution in [0.4, 0.5) is 17.1 Å². The average Bonchev–Trinajstić information content (AvgIpc) is 4.01. The highest BCUT2D eigenvalue weighted by Crippen LogP contribution is 2.49. The molecule has 0 saturated heterocycles. The van der Waals surface area contributed by atoms with E-state index in [1.54, 1.807) is 0 Å². The number of hydrogen-bond acceptors (Lipinski definition) is 5. The van der Waals surface area contributed by atoms with Crippen LogP contribution in [0.2, 0.25) is 0 Å². The molecule has 0 amide bonds. The third-order valence-corrected chi connectivity index (χ3v) is 11.3. The van der Waals surface area contributed by atoms with Crippen LogP contribution in [-0.4, -0.2) is 4.98 Å². The lowest BCUT2D eigenvalue weighted by Gasteiger charge is -2.26. The quantitative estimate of drug-likeness (QED) is 0.170. The van der Waals surface area contributed by atoms with Crippen molar-refractivity contribution >= 4 is 82.8 Å². The zero-order valence-corrected chi connectivity index (χ0v) is 31.1. The first-order chi connectivity index (χ1) is 28.8. The maximum atomic E-state index is 7.13. The Labute approximate surface area is 332 Å². The normalized spacial score (nSPS) is 11.8. The zero-order valence-electron chi connectivity index (χ0n) is 31.1. The highest BCUT2D eigenvalue weighted by atomic mass is 16.3. The third-order valence-electron chi connectivity index (χ3n) is 11.3. The molecule has 0 fully saturated rings. The van der Waals surface area contributed by atoms with Gasteiger partial charge in [-0.15, -0.1) is 0 Å². The molecule has 0 bridgehead atoms. The fraction of sp³-hybridized carbons (Fsp3) is 0. The molecule has 0 N–H and O–H groups in total. The molecule has 5 nitrogen and oxygen atoms in total. The van der Waals surface area contributed by atoms with E-state index in [4.69, 9.17) is 18.2 Å². The molecule has 5 heteroatoms. The van der Waals surface area contributed by atoms with Crippen molar-refractivity contribution in [3.05, 3.63) is 194 Å². The molecule has 3 aromatic heterocycles. The van der Waals surface area contributed by atoms with Crippen LogP contribution < -0.4 is 4.90 Å². The molecule has 0 unspecified atom stereocenters. The summed E-state index contributed by atoms with van der Waals surface area (Å²) < 4.78 is 19.9. The molecule has 0 saturated carbocycles. The number of nitrogens with zero attached hydrogens (tertiary/aromatic N) is 2. The molecule has 3 heterocycles. The second-order valence-corrected chi connectivity index (χ2v) is 14.6. The first-order valence-corrected chi connectivity index (χ1v) is 19.4. The summed E-state index contributed by atoms with van der Waals surface area (Å²) in [5, 5.41) is 6.43. The first kappa shape index (κ1) is 32.4. The van der Waals surface area contributed by atoms with E-state index < -0.39 is 0 Å². The topological polar surface area (TPSA) is 55.6 Å². The van der Waals surface area contributed by atoms with Gasteiger partial charge in [-0.2, -0.15) is 0 Å². The van der Waals surface area contributed by atoms with Gasteiger partial charge in [0, 0.05) is 33.0 Å². The Bertz CT molecular complexity index is 3510. The largest absolute Gasteiger partial charge is 0.456 e. The van der Waals surface area contributed by atoms with E-state index in [0.717, 1.165) is 105 Å². The smallest absolute Gasteiger partial charge is 0.227 e. The van der Waals surface area contributed by atoms with Crippen molar-refractivity contribution in [2.45, 2.75) is 0 Å². The van der Waals surface area contributed by atoms with Gasteiger partial charge in [0.25, 0.3) is 0 Å². The molecule has 272 valence electrons. The van der Waals surface area contributed by atoms with E-state index in [9.17, 15) is 0 Å². The molecular weight excluding hydrogens is 713 g/mol. The molecule has 0 aliphatic heterocycles. The molecule has 0 aliphatic carbocycles. The zero-order chi connectivity index (χ0) is 38.2. The Morgan fingerprint density at radius 1 is 0.362 bits per heavy atom. The number of para-hydroxylation sites is 3. The van der Waals surface area contributed by atoms with Crippen LogP contribution in [0, 0.1) is 0 Å². The van der Waals surface area contributed by atoms with E-state index in [1.807, 2.05) is 66.7 Å². The van der Waals surface area contributed by atoms with Crippen molar-refractivity contribution in [3.8, 4) is 33.7 Å². The number of fused-ring (bicyclic) bond motifs is 9. The van der Waals surface area contributed by atoms with Crippen LogP contribution in [0.5, 0.6) is 0 Å². The molecule has 12 aromatic rings. The molecular formula is C53H32N2O3. The minimum Gasteiger partial charge on any atom is -0.456 e. The van der Waals surface area contributed by atoms with Gasteiger partial charge in [0.1, 0.15) is 22.3 Å². The van der Waals surface area contributed by atoms with E-state index in [0.29, 0.717) is 5.89 Å². The van der Waals surface area contributed by atoms with Crippen molar-refractivity contribution < 1.29 is 13.3 Å². The predicted octanol–water partition coefficient (Wildman–Crippen LogP) is 15.3. The van der Waals surface area contributed by atoms with Gasteiger partial charge in [-0.1, -0.05) is 133 Å². The summed E-state index contributed by atoms with van der Waals surface area (Å²) in [7, 11) is 0. The Balaban J connectivity index is 1.11. The monoisotopic (exact) mass is 744 g/mol. The van der Waals surface area contributed by atoms with Crippen LogP contribution in [0.25, 0.3) is 99.5 Å². The summed E-state index contributed by atoms with van der Waals surface area (Å²) in [5.74, 6) is 0.596. The van der Waals surface area contributed by atoms with Crippen LogP contribution >= 0.6 is 0 Å². The van der Waals surface area contributed by atoms with Crippen LogP contribution in [0.3, 0.4) is 0 Å². The van der Waals surface area contributed by atoms with E-state index in [2.05, 4.69) is 132 Å². The highest BCUT2D eigenvalue weighted by molar-refractivity contribution is 6.25. The van der Waals surface area contributed by atoms with Crippen LogP contribution in [-0.2, 0) is 0 Å². The summed E-state index contributed by atoms with van der Waals surface area (Å²) in [5.41, 5.74) is 13.0. The van der Waals surface area contributed by atoms with Crippen LogP contribution in [0.15, 0.2) is 207 Å². The summed E-state index contributed by atoms with van der Waals surface area (Å²) in [6.45, 7) is 0. The number of anilines is 3. The van der Waals surface area contributed by atoms with Crippen LogP contribution in [0.1, 0.15) is 0 Å². The van der Waals surface area contributed by atoms with Gasteiger partial charge in [0.15, 0.2) is 11.2 Å². The van der Waals surface area contributed by atoms with Gasteiger partial charge < -0.3 is 18.2 Å². The summed E-state index contributed by atoms with van der Waals surface area (Å²) in [6.07, 6.45) is 0. The van der Waals surface area contributed by atoms with Crippen molar-refractivity contribution in [2.24, 2.45) is 0 Å². The minimum absolute atomic E-state index is 0.596. The second kappa shape index (κ2) is 12.8. The molecule has 0 atom stereocenters. The predicted molar refractivity (Wildman–Crippen MR) is 237 cm³/mol. The fourth-order valence-electron chi connectivity index (χ4n) is 8.70. The first-order valence-electron chi connectivity index (χ1n) is 19.4. The molecule has 0 spiro atoms. The number of benzene rings is 9. The molecule has 12 rings (SSSR count). The number of rotatable bonds is 6. The van der Waals surface area contributed by atoms with Crippen molar-refractivity contribution in [3.63, 3.8) is 0 Å². The Morgan fingerprint density at radius 3 is 1.81 bits per heavy atom. The van der Waals surface area contributed by atoms with E-state index in [1.165, 1.54) is 5.56 Å². The molecule has 0 aliphatic rings. The SMILES string of the molecule is c1ccc(-c2ccc(N(c3cccc4c3oc3cc(-c5cccc6oc(-c7ccccc7)nc56)c5ccccc5c34)c3cccc4oc5ccccc5c34)cc2)cc1. The number of hydrogen-bond donors (Lipinski definition) is 0. The van der Waals surface area contributed by atoms with Gasteiger partial charge in [-0.05, 0) is 88.1 Å². The minimum atomic E-state index is 0.596. The van der Waals surface area contributed by atoms with Crippen molar-refractivity contribution in [1.29, 1.82) is 0 Å². The van der Waals surface area contributed by atoms with Gasteiger partial charge >= 0.3 is 0 Å². The Morgan fingerprint density at radius 2 is 0.983 bits per heavy atom. The second-order valence-electron chi connectivity index (χ2n) is 14.6. The third kappa shape index (κ3) is 5.00. The molecule has 58 heavy (non-hydrogen) atoms. The lowest BCUT2D eigenvalue weighted by molar-refractivity contribution is 0.620. The van der Waals surface area contributed by atoms with Crippen molar-refractivity contribution in [1.82, 2.24) is 4.98 Å². The maximum Gasteiger partial charge on any atom is 0.227 e. The standard InChI is InChI=1S/C53H32N2O3/c1-3-14-33(15-4-1)34-28-30-36(31-29-34)55(43-23-13-26-46-50(43)40-20-9-10-25-45(40)56-46)44-24-11-22-41-49-38-19-8-7-18-37(38)42(32-48(49)57-52(41)44)39-21-12-27-47-51(39)54-53(58-47)35-16-5-2-6-17-35/h1-32H. The lowest BCUT2D eigenvalue weighted by Crippen LogP contribution is -2.10.